The Hall–Kier alpha value is -2.16. The van der Waals surface area contributed by atoms with E-state index in [0.29, 0.717) is 5.82 Å². The smallest absolute Gasteiger partial charge is 0.240 e. The summed E-state index contributed by atoms with van der Waals surface area (Å²) in [6.45, 7) is 0.732. The number of nitrogens with zero attached hydrogens (tertiary/aromatic N) is 4. The van der Waals surface area contributed by atoms with Crippen molar-refractivity contribution in [1.82, 2.24) is 9.97 Å². The van der Waals surface area contributed by atoms with Gasteiger partial charge in [-0.15, -0.1) is 0 Å². The molecule has 1 amide bonds. The molecule has 2 rings (SSSR count). The van der Waals surface area contributed by atoms with Crippen LogP contribution in [0, 0.1) is 11.3 Å². The van der Waals surface area contributed by atoms with E-state index in [1.54, 1.807) is 11.0 Å². The van der Waals surface area contributed by atoms with Crippen LogP contribution in [-0.2, 0) is 4.79 Å². The highest BCUT2D eigenvalue weighted by Crippen LogP contribution is 2.23. The molecule has 1 unspecified atom stereocenters. The van der Waals surface area contributed by atoms with E-state index in [-0.39, 0.29) is 17.8 Å². The Balaban J connectivity index is 2.23. The first-order chi connectivity index (χ1) is 7.22. The third kappa shape index (κ3) is 1.59. The van der Waals surface area contributed by atoms with E-state index in [9.17, 15) is 4.79 Å². The molecule has 1 aliphatic heterocycles. The Labute approximate surface area is 86.3 Å². The third-order valence-corrected chi connectivity index (χ3v) is 2.38. The van der Waals surface area contributed by atoms with Crippen LogP contribution in [0.3, 0.4) is 0 Å². The summed E-state index contributed by atoms with van der Waals surface area (Å²) >= 11 is 0. The van der Waals surface area contributed by atoms with Crippen LogP contribution in [0.2, 0.25) is 0 Å². The normalized spacial score (nSPS) is 19.1. The molecule has 0 radical (unpaired) electrons. The Bertz CT molecular complexity index is 438. The molecule has 0 saturated carbocycles. The molecule has 6 heteroatoms. The predicted molar refractivity (Wildman–Crippen MR) is 51.7 cm³/mol. The van der Waals surface area contributed by atoms with E-state index >= 15 is 0 Å². The van der Waals surface area contributed by atoms with Crippen molar-refractivity contribution in [1.29, 1.82) is 5.26 Å². The van der Waals surface area contributed by atoms with Crippen LogP contribution in [-0.4, -0.2) is 28.5 Å². The summed E-state index contributed by atoms with van der Waals surface area (Å²) in [6, 6.07) is 3.21. The van der Waals surface area contributed by atoms with Crippen molar-refractivity contribution in [3.8, 4) is 6.07 Å². The van der Waals surface area contributed by atoms with Crippen LogP contribution < -0.4 is 10.6 Å². The van der Waals surface area contributed by atoms with Gasteiger partial charge < -0.3 is 10.6 Å². The average molecular weight is 203 g/mol. The van der Waals surface area contributed by atoms with Crippen LogP contribution in [0.1, 0.15) is 12.2 Å². The number of anilines is 1. The molecule has 1 aromatic rings. The molecule has 1 saturated heterocycles. The summed E-state index contributed by atoms with van der Waals surface area (Å²) in [5.41, 5.74) is 5.21. The number of aromatic nitrogens is 2. The van der Waals surface area contributed by atoms with Crippen molar-refractivity contribution >= 4 is 11.7 Å². The molecule has 6 nitrogen and oxygen atoms in total. The Morgan fingerprint density at radius 2 is 2.53 bits per heavy atom. The summed E-state index contributed by atoms with van der Waals surface area (Å²) in [5.74, 6) is 0.317. The summed E-state index contributed by atoms with van der Waals surface area (Å²) in [5, 5.41) is 8.62. The van der Waals surface area contributed by atoms with Gasteiger partial charge in [0.05, 0.1) is 0 Å². The van der Waals surface area contributed by atoms with Gasteiger partial charge in [-0.05, 0) is 12.5 Å². The fraction of sp³-hybridized carbons (Fsp3) is 0.333. The van der Waals surface area contributed by atoms with Gasteiger partial charge in [-0.1, -0.05) is 0 Å². The molecule has 2 heterocycles. The zero-order valence-electron chi connectivity index (χ0n) is 7.92. The second-order valence-corrected chi connectivity index (χ2v) is 3.25. The second kappa shape index (κ2) is 3.53. The fourth-order valence-electron chi connectivity index (χ4n) is 1.52. The first kappa shape index (κ1) is 9.40. The van der Waals surface area contributed by atoms with Crippen LogP contribution in [0.25, 0.3) is 0 Å². The Morgan fingerprint density at radius 3 is 3.07 bits per heavy atom. The molecule has 1 atom stereocenters. The fourth-order valence-corrected chi connectivity index (χ4v) is 1.52. The largest absolute Gasteiger partial charge is 0.368 e. The summed E-state index contributed by atoms with van der Waals surface area (Å²) in [7, 11) is 0. The van der Waals surface area contributed by atoms with Gasteiger partial charge >= 0.3 is 0 Å². The third-order valence-electron chi connectivity index (χ3n) is 2.38. The van der Waals surface area contributed by atoms with Crippen LogP contribution in [0.4, 0.5) is 5.82 Å². The van der Waals surface area contributed by atoms with Crippen molar-refractivity contribution in [2.24, 2.45) is 5.73 Å². The Kier molecular flexibility index (Phi) is 2.21. The van der Waals surface area contributed by atoms with Crippen LogP contribution >= 0.6 is 0 Å². The number of nitriles is 1. The van der Waals surface area contributed by atoms with Crippen molar-refractivity contribution in [3.05, 3.63) is 18.1 Å². The summed E-state index contributed by atoms with van der Waals surface area (Å²) in [6.07, 6.45) is 2.23. The molecular weight excluding hydrogens is 194 g/mol. The number of primary amides is 1. The average Bonchev–Trinajstić information content (AvgIpc) is 2.15. The minimum absolute atomic E-state index is 0.0996. The number of rotatable bonds is 2. The van der Waals surface area contributed by atoms with E-state index in [1.807, 2.05) is 6.07 Å². The second-order valence-electron chi connectivity index (χ2n) is 3.25. The van der Waals surface area contributed by atoms with Crippen LogP contribution in [0.15, 0.2) is 12.3 Å². The van der Waals surface area contributed by atoms with E-state index in [2.05, 4.69) is 9.97 Å². The number of carbonyl (C=O) groups is 1. The molecule has 76 valence electrons. The van der Waals surface area contributed by atoms with E-state index in [0.717, 1.165) is 13.0 Å². The van der Waals surface area contributed by atoms with Gasteiger partial charge in [-0.2, -0.15) is 5.26 Å². The lowest BCUT2D eigenvalue weighted by Gasteiger charge is -2.39. The van der Waals surface area contributed by atoms with Gasteiger partial charge in [0.25, 0.3) is 0 Å². The van der Waals surface area contributed by atoms with E-state index in [4.69, 9.17) is 11.0 Å². The first-order valence-corrected chi connectivity index (χ1v) is 4.51. The van der Waals surface area contributed by atoms with Gasteiger partial charge in [-0.3, -0.25) is 4.79 Å². The molecular formula is C9H9N5O. The molecule has 0 bridgehead atoms. The van der Waals surface area contributed by atoms with Gasteiger partial charge in [-0.25, -0.2) is 9.97 Å². The van der Waals surface area contributed by atoms with E-state index < -0.39 is 0 Å². The molecule has 0 spiro atoms. The molecule has 1 aromatic heterocycles. The quantitative estimate of drug-likeness (QED) is 0.693. The standard InChI is InChI=1S/C9H9N5O/c10-5-7-12-3-1-8(13-7)14-4-2-6(14)9(11)15/h1,3,6H,2,4H2,(H2,11,15). The number of nitrogens with two attached hydrogens (primary N) is 1. The Morgan fingerprint density at radius 1 is 1.73 bits per heavy atom. The van der Waals surface area contributed by atoms with Gasteiger partial charge in [0, 0.05) is 12.7 Å². The lowest BCUT2D eigenvalue weighted by atomic mass is 10.0. The number of hydrogen-bond donors (Lipinski definition) is 1. The highest BCUT2D eigenvalue weighted by Gasteiger charge is 2.33. The first-order valence-electron chi connectivity index (χ1n) is 4.51. The van der Waals surface area contributed by atoms with Crippen molar-refractivity contribution in [3.63, 3.8) is 0 Å². The number of amides is 1. The van der Waals surface area contributed by atoms with Crippen molar-refractivity contribution < 1.29 is 4.79 Å². The zero-order chi connectivity index (χ0) is 10.8. The lowest BCUT2D eigenvalue weighted by molar-refractivity contribution is -0.120. The van der Waals surface area contributed by atoms with Gasteiger partial charge in [0.2, 0.25) is 11.7 Å². The van der Waals surface area contributed by atoms with Gasteiger partial charge in [0.1, 0.15) is 17.9 Å². The zero-order valence-corrected chi connectivity index (χ0v) is 7.92. The molecule has 2 N–H and O–H groups in total. The summed E-state index contributed by atoms with van der Waals surface area (Å²) in [4.78, 5) is 20.5. The molecule has 1 fully saturated rings. The van der Waals surface area contributed by atoms with Crippen LogP contribution in [0.5, 0.6) is 0 Å². The highest BCUT2D eigenvalue weighted by atomic mass is 16.1. The number of hydrogen-bond acceptors (Lipinski definition) is 5. The molecule has 1 aliphatic rings. The maximum Gasteiger partial charge on any atom is 0.240 e. The predicted octanol–water partition coefficient (Wildman–Crippen LogP) is -0.588. The van der Waals surface area contributed by atoms with Crippen molar-refractivity contribution in [2.45, 2.75) is 12.5 Å². The topological polar surface area (TPSA) is 95.9 Å². The maximum absolute atomic E-state index is 11.0. The SMILES string of the molecule is N#Cc1nccc(N2CCC2C(N)=O)n1. The molecule has 0 aliphatic carbocycles. The molecule has 15 heavy (non-hydrogen) atoms. The monoisotopic (exact) mass is 203 g/mol. The highest BCUT2D eigenvalue weighted by molar-refractivity contribution is 5.85. The lowest BCUT2D eigenvalue weighted by Crippen LogP contribution is -2.55. The summed E-state index contributed by atoms with van der Waals surface area (Å²) < 4.78 is 0. The van der Waals surface area contributed by atoms with E-state index in [1.165, 1.54) is 6.20 Å². The minimum Gasteiger partial charge on any atom is -0.368 e. The molecule has 0 aromatic carbocycles. The van der Waals surface area contributed by atoms with Crippen molar-refractivity contribution in [2.75, 3.05) is 11.4 Å². The van der Waals surface area contributed by atoms with Gasteiger partial charge in [0.15, 0.2) is 0 Å². The number of carbonyl (C=O) groups excluding carboxylic acids is 1. The maximum atomic E-state index is 11.0. The minimum atomic E-state index is -0.363.